The summed E-state index contributed by atoms with van der Waals surface area (Å²) in [7, 11) is -9.96. The van der Waals surface area contributed by atoms with Gasteiger partial charge in [0, 0.05) is 25.7 Å². The average molecular weight is 1450 g/mol. The number of ether oxygens (including phenoxy) is 4. The number of aliphatic hydroxyl groups is 1. The first-order chi connectivity index (χ1) is 48.7. The van der Waals surface area contributed by atoms with Gasteiger partial charge in [-0.1, -0.05) is 279 Å². The zero-order valence-corrected chi connectivity index (χ0v) is 64.9. The summed E-state index contributed by atoms with van der Waals surface area (Å²) in [6.07, 6.45) is 76.8. The Morgan fingerprint density at radius 2 is 0.520 bits per heavy atom. The number of aliphatic hydroxyl groups excluding tert-OH is 1. The molecule has 0 amide bonds. The minimum absolute atomic E-state index is 0.0818. The molecule has 0 aromatic heterocycles. The molecule has 19 heteroatoms. The lowest BCUT2D eigenvalue weighted by Gasteiger charge is -2.21. The lowest BCUT2D eigenvalue weighted by atomic mass is 10.0. The second kappa shape index (κ2) is 73.3. The number of carbonyl (C=O) groups is 4. The summed E-state index contributed by atoms with van der Waals surface area (Å²) in [6, 6.07) is 0. The lowest BCUT2D eigenvalue weighted by molar-refractivity contribution is -0.161. The summed E-state index contributed by atoms with van der Waals surface area (Å²) in [5, 5.41) is 10.6. The second-order valence-electron chi connectivity index (χ2n) is 26.3. The Kier molecular flexibility index (Phi) is 70.4. The molecule has 0 radical (unpaired) electrons. The predicted octanol–water partition coefficient (Wildman–Crippen LogP) is 22.8. The second-order valence-corrected chi connectivity index (χ2v) is 29.2. The first-order valence-electron chi connectivity index (χ1n) is 39.5. The quantitative estimate of drug-likeness (QED) is 0.0169. The molecule has 0 spiro atoms. The minimum Gasteiger partial charge on any atom is -0.462 e. The molecule has 5 atom stereocenters. The van der Waals surface area contributed by atoms with E-state index < -0.39 is 97.5 Å². The van der Waals surface area contributed by atoms with E-state index >= 15 is 0 Å². The summed E-state index contributed by atoms with van der Waals surface area (Å²) < 4.78 is 68.5. The van der Waals surface area contributed by atoms with Gasteiger partial charge in [-0.25, -0.2) is 9.13 Å². The van der Waals surface area contributed by atoms with Crippen LogP contribution in [0.2, 0.25) is 0 Å². The highest BCUT2D eigenvalue weighted by Crippen LogP contribution is 2.45. The molecule has 0 aromatic rings. The van der Waals surface area contributed by atoms with E-state index in [0.29, 0.717) is 25.7 Å². The minimum atomic E-state index is -4.98. The third-order valence-corrected chi connectivity index (χ3v) is 18.4. The van der Waals surface area contributed by atoms with Crippen molar-refractivity contribution in [2.75, 3.05) is 39.6 Å². The summed E-state index contributed by atoms with van der Waals surface area (Å²) in [4.78, 5) is 72.9. The molecular weight excluding hydrogens is 1310 g/mol. The van der Waals surface area contributed by atoms with E-state index in [4.69, 9.17) is 37.0 Å². The van der Waals surface area contributed by atoms with E-state index in [1.807, 2.05) is 0 Å². The zero-order chi connectivity index (χ0) is 73.2. The summed E-state index contributed by atoms with van der Waals surface area (Å²) in [5.41, 5.74) is 0. The standard InChI is InChI=1S/C81H142O17P2/c1-5-9-13-17-21-25-29-33-35-36-37-38-40-44-46-50-54-58-62-66-79(84)92-72-77(98-81(86)68-64-60-56-52-48-42-32-28-24-20-16-12-8-4)74-96-100(89,90)94-70-75(82)69-93-99(87,88)95-73-76(97-80(85)67-63-59-55-51-47-41-31-27-23-19-15-11-7-3)71-91-78(83)65-61-57-53-49-45-43-39-34-30-26-22-18-14-10-6-2/h10,14,21-22,25-26,28,32-35,37-39,45,49,75-77,82H,5-9,11-13,15-20,23-24,27,29-31,36,40-44,46-48,50-74H2,1-4H3,(H,87,88)(H,89,90)/b14-10-,25-21-,26-22-,32-28-,35-33-,38-37-,39-34-,49-45-. The topological polar surface area (TPSA) is 237 Å². The molecule has 100 heavy (non-hydrogen) atoms. The van der Waals surface area contributed by atoms with Crippen molar-refractivity contribution in [2.24, 2.45) is 0 Å². The largest absolute Gasteiger partial charge is 0.472 e. The monoisotopic (exact) mass is 1450 g/mol. The van der Waals surface area contributed by atoms with Gasteiger partial charge in [0.15, 0.2) is 12.2 Å². The van der Waals surface area contributed by atoms with Crippen molar-refractivity contribution < 1.29 is 80.2 Å². The highest BCUT2D eigenvalue weighted by atomic mass is 31.2. The van der Waals surface area contributed by atoms with E-state index in [-0.39, 0.29) is 25.7 Å². The molecule has 578 valence electrons. The number of hydrogen-bond acceptors (Lipinski definition) is 15. The molecule has 3 N–H and O–H groups in total. The van der Waals surface area contributed by atoms with Gasteiger partial charge in [0.2, 0.25) is 0 Å². The number of hydrogen-bond donors (Lipinski definition) is 3. The maximum atomic E-state index is 13.1. The van der Waals surface area contributed by atoms with Gasteiger partial charge in [-0.05, 0) is 128 Å². The van der Waals surface area contributed by atoms with Crippen molar-refractivity contribution in [3.8, 4) is 0 Å². The fourth-order valence-corrected chi connectivity index (χ4v) is 12.1. The number of carbonyl (C=O) groups excluding carboxylic acids is 4. The SMILES string of the molecule is CC/C=C\C/C=C\C/C=C\C/C=C\CCCCC(=O)OCC(COP(=O)(O)OCC(O)COP(=O)(O)OCC(COC(=O)CCCCCCCC/C=C\C/C=C\C/C=C\CCCCC)OC(=O)CCCCCCC/C=C\CCCCCC)OC(=O)CCCCCCCCCCCCCCC. The van der Waals surface area contributed by atoms with Gasteiger partial charge in [-0.2, -0.15) is 0 Å². The molecule has 0 aliphatic heterocycles. The number of phosphoric acid groups is 2. The molecular formula is C81H142O17P2. The number of allylic oxidation sites excluding steroid dienone is 16. The van der Waals surface area contributed by atoms with Crippen LogP contribution in [0, 0.1) is 0 Å². The van der Waals surface area contributed by atoms with Crippen LogP contribution in [0.1, 0.15) is 336 Å². The van der Waals surface area contributed by atoms with Crippen LogP contribution in [0.25, 0.3) is 0 Å². The van der Waals surface area contributed by atoms with Crippen LogP contribution in [0.5, 0.6) is 0 Å². The van der Waals surface area contributed by atoms with Crippen LogP contribution in [0.4, 0.5) is 0 Å². The van der Waals surface area contributed by atoms with Crippen molar-refractivity contribution in [2.45, 2.75) is 354 Å². The maximum Gasteiger partial charge on any atom is 0.472 e. The Bertz CT molecular complexity index is 2270. The molecule has 0 saturated carbocycles. The first kappa shape index (κ1) is 96.0. The highest BCUT2D eigenvalue weighted by molar-refractivity contribution is 7.47. The van der Waals surface area contributed by atoms with Crippen LogP contribution < -0.4 is 0 Å². The molecule has 0 rings (SSSR count). The van der Waals surface area contributed by atoms with Crippen LogP contribution in [0.15, 0.2) is 97.2 Å². The molecule has 0 saturated heterocycles. The summed E-state index contributed by atoms with van der Waals surface area (Å²) in [6.45, 7) is 4.68. The van der Waals surface area contributed by atoms with Gasteiger partial charge in [-0.15, -0.1) is 0 Å². The molecule has 0 aliphatic carbocycles. The van der Waals surface area contributed by atoms with Crippen LogP contribution >= 0.6 is 15.6 Å². The zero-order valence-electron chi connectivity index (χ0n) is 63.1. The van der Waals surface area contributed by atoms with Gasteiger partial charge >= 0.3 is 39.5 Å². The predicted molar refractivity (Wildman–Crippen MR) is 409 cm³/mol. The number of rotatable bonds is 74. The van der Waals surface area contributed by atoms with Gasteiger partial charge in [0.05, 0.1) is 26.4 Å². The fourth-order valence-electron chi connectivity index (χ4n) is 10.5. The van der Waals surface area contributed by atoms with Crippen LogP contribution in [-0.4, -0.2) is 96.7 Å². The summed E-state index contributed by atoms with van der Waals surface area (Å²) in [5.74, 6) is -2.23. The number of esters is 4. The van der Waals surface area contributed by atoms with Crippen molar-refractivity contribution in [3.63, 3.8) is 0 Å². The van der Waals surface area contributed by atoms with E-state index in [9.17, 15) is 43.2 Å². The highest BCUT2D eigenvalue weighted by Gasteiger charge is 2.30. The molecule has 0 aliphatic rings. The van der Waals surface area contributed by atoms with Crippen molar-refractivity contribution in [1.29, 1.82) is 0 Å². The van der Waals surface area contributed by atoms with Gasteiger partial charge in [0.25, 0.3) is 0 Å². The first-order valence-corrected chi connectivity index (χ1v) is 42.5. The average Bonchev–Trinajstić information content (AvgIpc) is 0.936. The van der Waals surface area contributed by atoms with Crippen molar-refractivity contribution in [3.05, 3.63) is 97.2 Å². The summed E-state index contributed by atoms with van der Waals surface area (Å²) >= 11 is 0. The molecule has 0 bridgehead atoms. The molecule has 0 fully saturated rings. The van der Waals surface area contributed by atoms with Crippen LogP contribution in [-0.2, 0) is 65.4 Å². The Morgan fingerprint density at radius 3 is 0.860 bits per heavy atom. The van der Waals surface area contributed by atoms with E-state index in [1.54, 1.807) is 0 Å². The smallest absolute Gasteiger partial charge is 0.462 e. The Morgan fingerprint density at radius 1 is 0.290 bits per heavy atom. The van der Waals surface area contributed by atoms with Gasteiger partial charge in [0.1, 0.15) is 19.3 Å². The van der Waals surface area contributed by atoms with Gasteiger partial charge < -0.3 is 33.8 Å². The lowest BCUT2D eigenvalue weighted by Crippen LogP contribution is -2.30. The number of unbranched alkanes of at least 4 members (excludes halogenated alkanes) is 32. The third kappa shape index (κ3) is 72.3. The Hall–Kier alpha value is -4.02. The number of phosphoric ester groups is 2. The fraction of sp³-hybridized carbons (Fsp3) is 0.753. The third-order valence-electron chi connectivity index (χ3n) is 16.5. The van der Waals surface area contributed by atoms with E-state index in [1.165, 1.54) is 96.3 Å². The molecule has 5 unspecified atom stereocenters. The van der Waals surface area contributed by atoms with Crippen molar-refractivity contribution in [1.82, 2.24) is 0 Å². The molecule has 0 aromatic carbocycles. The van der Waals surface area contributed by atoms with Crippen molar-refractivity contribution >= 4 is 39.5 Å². The molecule has 0 heterocycles. The molecule has 17 nitrogen and oxygen atoms in total. The Balaban J connectivity index is 5.35. The normalized spacial score (nSPS) is 14.4. The van der Waals surface area contributed by atoms with Gasteiger partial charge in [-0.3, -0.25) is 37.3 Å². The van der Waals surface area contributed by atoms with Crippen LogP contribution in [0.3, 0.4) is 0 Å². The van der Waals surface area contributed by atoms with E-state index in [2.05, 4.69) is 125 Å². The maximum absolute atomic E-state index is 13.1. The Labute approximate surface area is 607 Å². The van der Waals surface area contributed by atoms with E-state index in [0.717, 1.165) is 161 Å².